The van der Waals surface area contributed by atoms with E-state index in [0.717, 1.165) is 37.5 Å². The molecule has 27 heavy (non-hydrogen) atoms. The lowest BCUT2D eigenvalue weighted by Crippen LogP contribution is -2.44. The summed E-state index contributed by atoms with van der Waals surface area (Å²) in [5.41, 5.74) is 0.298. The van der Waals surface area contributed by atoms with Crippen LogP contribution >= 0.6 is 0 Å². The number of hydrogen-bond donors (Lipinski definition) is 0. The van der Waals surface area contributed by atoms with Gasteiger partial charge < -0.3 is 4.43 Å². The van der Waals surface area contributed by atoms with Gasteiger partial charge in [-0.05, 0) is 81.3 Å². The van der Waals surface area contributed by atoms with E-state index >= 15 is 0 Å². The first-order valence-electron chi connectivity index (χ1n) is 11.9. The van der Waals surface area contributed by atoms with Crippen LogP contribution in [0.15, 0.2) is 0 Å². The molecule has 0 amide bonds. The van der Waals surface area contributed by atoms with Gasteiger partial charge in [0.2, 0.25) is 0 Å². The second kappa shape index (κ2) is 9.11. The number of carbonyl (C=O) groups excluding carboxylic acids is 1. The second-order valence-corrected chi connectivity index (χ2v) is 15.2. The molecule has 2 nitrogen and oxygen atoms in total. The van der Waals surface area contributed by atoms with Gasteiger partial charge in [0.05, 0.1) is 5.60 Å². The van der Waals surface area contributed by atoms with Crippen LogP contribution in [0.1, 0.15) is 99.8 Å². The van der Waals surface area contributed by atoms with E-state index in [9.17, 15) is 4.79 Å². The molecule has 4 atom stereocenters. The summed E-state index contributed by atoms with van der Waals surface area (Å²) in [5, 5.41) is 0. The molecule has 0 heterocycles. The van der Waals surface area contributed by atoms with Crippen molar-refractivity contribution in [1.29, 1.82) is 0 Å². The van der Waals surface area contributed by atoms with Gasteiger partial charge in [-0.15, -0.1) is 0 Å². The van der Waals surface area contributed by atoms with Crippen molar-refractivity contribution in [1.82, 2.24) is 0 Å². The highest BCUT2D eigenvalue weighted by atomic mass is 28.4. The van der Waals surface area contributed by atoms with Crippen molar-refractivity contribution in [2.75, 3.05) is 0 Å². The summed E-state index contributed by atoms with van der Waals surface area (Å²) < 4.78 is 6.79. The summed E-state index contributed by atoms with van der Waals surface area (Å²) in [7, 11) is -1.54. The fourth-order valence-electron chi connectivity index (χ4n) is 6.56. The number of carbonyl (C=O) groups is 1. The molecule has 0 spiro atoms. The van der Waals surface area contributed by atoms with Crippen LogP contribution in [0.4, 0.5) is 0 Å². The minimum Gasteiger partial charge on any atom is -0.412 e. The third-order valence-corrected chi connectivity index (χ3v) is 13.3. The summed E-state index contributed by atoms with van der Waals surface area (Å²) in [5.74, 6) is 2.40. The van der Waals surface area contributed by atoms with Crippen LogP contribution < -0.4 is 0 Å². The van der Waals surface area contributed by atoms with E-state index in [2.05, 4.69) is 48.5 Å². The summed E-state index contributed by atoms with van der Waals surface area (Å²) >= 11 is 0. The Morgan fingerprint density at radius 2 is 1.81 bits per heavy atom. The van der Waals surface area contributed by atoms with Gasteiger partial charge in [0.15, 0.2) is 8.32 Å². The lowest BCUT2D eigenvalue weighted by molar-refractivity contribution is -0.130. The normalized spacial score (nSPS) is 30.4. The number of rotatable bonds is 10. The molecule has 3 heteroatoms. The Morgan fingerprint density at radius 3 is 2.41 bits per heavy atom. The molecule has 0 N–H and O–H groups in total. The molecule has 0 aromatic carbocycles. The number of fused-ring (bicyclic) bond motifs is 1. The molecule has 2 fully saturated rings. The minimum absolute atomic E-state index is 0.0108. The maximum absolute atomic E-state index is 12.4. The van der Waals surface area contributed by atoms with Crippen LogP contribution in [-0.4, -0.2) is 19.7 Å². The summed E-state index contributed by atoms with van der Waals surface area (Å²) in [6, 6.07) is 3.70. The van der Waals surface area contributed by atoms with Crippen molar-refractivity contribution in [3.8, 4) is 0 Å². The maximum atomic E-state index is 12.4. The molecular formula is C24H46O2Si. The van der Waals surface area contributed by atoms with E-state index in [-0.39, 0.29) is 11.0 Å². The summed E-state index contributed by atoms with van der Waals surface area (Å²) in [4.78, 5) is 12.4. The number of hydrogen-bond acceptors (Lipinski definition) is 2. The predicted octanol–water partition coefficient (Wildman–Crippen LogP) is 7.38. The molecule has 2 aliphatic carbocycles. The molecule has 2 rings (SSSR count). The SMILES string of the molecule is CC[Si](CC)(CC)OC(C)(C)CCC[C@H](C)C1CCC2C(=O)CCC[C@@]21C. The first-order valence-corrected chi connectivity index (χ1v) is 14.4. The first kappa shape index (κ1) is 23.1. The van der Waals surface area contributed by atoms with Gasteiger partial charge in [-0.2, -0.15) is 0 Å². The van der Waals surface area contributed by atoms with E-state index in [4.69, 9.17) is 4.43 Å². The lowest BCUT2D eigenvalue weighted by Gasteiger charge is -2.42. The van der Waals surface area contributed by atoms with Gasteiger partial charge in [-0.1, -0.05) is 47.5 Å². The molecule has 2 aliphatic rings. The molecule has 0 aromatic rings. The molecule has 0 aromatic heterocycles. The van der Waals surface area contributed by atoms with Gasteiger partial charge in [-0.3, -0.25) is 4.79 Å². The fraction of sp³-hybridized carbons (Fsp3) is 0.958. The van der Waals surface area contributed by atoms with E-state index < -0.39 is 8.32 Å². The zero-order valence-corrected chi connectivity index (χ0v) is 20.3. The van der Waals surface area contributed by atoms with Gasteiger partial charge >= 0.3 is 0 Å². The molecule has 0 aliphatic heterocycles. The topological polar surface area (TPSA) is 26.3 Å². The van der Waals surface area contributed by atoms with Crippen LogP contribution in [-0.2, 0) is 9.22 Å². The Hall–Kier alpha value is -0.153. The smallest absolute Gasteiger partial charge is 0.192 e. The molecule has 2 unspecified atom stereocenters. The standard InChI is InChI=1S/C24H46O2Si/c1-8-27(9-2,10-3)26-23(5,6)17-11-13-19(4)20-15-16-21-22(25)14-12-18-24(20,21)7/h19-21H,8-18H2,1-7H3/t19-,20?,21?,24+/m0/s1. The van der Waals surface area contributed by atoms with Gasteiger partial charge in [0.1, 0.15) is 5.78 Å². The molecule has 0 bridgehead atoms. The van der Waals surface area contributed by atoms with Crippen LogP contribution in [0.3, 0.4) is 0 Å². The van der Waals surface area contributed by atoms with Gasteiger partial charge in [0.25, 0.3) is 0 Å². The zero-order chi connectivity index (χ0) is 20.3. The predicted molar refractivity (Wildman–Crippen MR) is 119 cm³/mol. The van der Waals surface area contributed by atoms with Crippen molar-refractivity contribution >= 4 is 14.1 Å². The molecule has 2 saturated carbocycles. The number of ketones is 1. The Bertz CT molecular complexity index is 488. The average molecular weight is 395 g/mol. The van der Waals surface area contributed by atoms with Crippen LogP contribution in [0.2, 0.25) is 18.1 Å². The highest BCUT2D eigenvalue weighted by Crippen LogP contribution is 2.57. The zero-order valence-electron chi connectivity index (χ0n) is 19.3. The van der Waals surface area contributed by atoms with E-state index in [1.54, 1.807) is 0 Å². The van der Waals surface area contributed by atoms with Crippen LogP contribution in [0.5, 0.6) is 0 Å². The van der Waals surface area contributed by atoms with Crippen molar-refractivity contribution < 1.29 is 9.22 Å². The van der Waals surface area contributed by atoms with Gasteiger partial charge in [-0.25, -0.2) is 0 Å². The molecule has 0 radical (unpaired) electrons. The molecular weight excluding hydrogens is 348 g/mol. The first-order chi connectivity index (χ1) is 12.6. The van der Waals surface area contributed by atoms with Crippen LogP contribution in [0, 0.1) is 23.2 Å². The largest absolute Gasteiger partial charge is 0.412 e. The Morgan fingerprint density at radius 1 is 1.19 bits per heavy atom. The number of Topliss-reactive ketones (excluding diaryl/α,β-unsaturated/α-hetero) is 1. The minimum atomic E-state index is -1.54. The quantitative estimate of drug-likeness (QED) is 0.361. The lowest BCUT2D eigenvalue weighted by atomic mass is 9.62. The Labute approximate surface area is 170 Å². The van der Waals surface area contributed by atoms with Crippen molar-refractivity contribution in [2.45, 2.75) is 124 Å². The fourth-order valence-corrected chi connectivity index (χ4v) is 9.77. The van der Waals surface area contributed by atoms with Gasteiger partial charge in [0, 0.05) is 12.3 Å². The van der Waals surface area contributed by atoms with Crippen LogP contribution in [0.25, 0.3) is 0 Å². The summed E-state index contributed by atoms with van der Waals surface area (Å²) in [6.07, 6.45) is 9.34. The third kappa shape index (κ3) is 5.07. The molecule has 158 valence electrons. The summed E-state index contributed by atoms with van der Waals surface area (Å²) in [6.45, 7) is 16.5. The van der Waals surface area contributed by atoms with E-state index in [1.807, 2.05) is 0 Å². The van der Waals surface area contributed by atoms with E-state index in [0.29, 0.717) is 11.7 Å². The second-order valence-electron chi connectivity index (χ2n) is 10.5. The Kier molecular flexibility index (Phi) is 7.81. The van der Waals surface area contributed by atoms with Crippen molar-refractivity contribution in [3.05, 3.63) is 0 Å². The highest BCUT2D eigenvalue weighted by Gasteiger charge is 2.52. The maximum Gasteiger partial charge on any atom is 0.192 e. The van der Waals surface area contributed by atoms with Crippen molar-refractivity contribution in [2.24, 2.45) is 23.2 Å². The third-order valence-electron chi connectivity index (χ3n) is 8.49. The van der Waals surface area contributed by atoms with E-state index in [1.165, 1.54) is 43.8 Å². The Balaban J connectivity index is 1.88. The highest BCUT2D eigenvalue weighted by molar-refractivity contribution is 6.73. The average Bonchev–Trinajstić information content (AvgIpc) is 2.98. The monoisotopic (exact) mass is 394 g/mol. The molecule has 0 saturated heterocycles. The van der Waals surface area contributed by atoms with Crippen molar-refractivity contribution in [3.63, 3.8) is 0 Å².